The van der Waals surface area contributed by atoms with Crippen LogP contribution in [0.1, 0.15) is 19.8 Å². The van der Waals surface area contributed by atoms with Crippen molar-refractivity contribution in [2.75, 3.05) is 6.54 Å². The smallest absolute Gasteiger partial charge is 0.00774 e. The van der Waals surface area contributed by atoms with Crippen molar-refractivity contribution in [3.63, 3.8) is 0 Å². The zero-order chi connectivity index (χ0) is 6.12. The van der Waals surface area contributed by atoms with Crippen molar-refractivity contribution in [1.29, 1.82) is 0 Å². The van der Waals surface area contributed by atoms with E-state index in [9.17, 15) is 0 Å². The molecule has 0 aromatic carbocycles. The van der Waals surface area contributed by atoms with Crippen LogP contribution in [-0.2, 0) is 0 Å². The summed E-state index contributed by atoms with van der Waals surface area (Å²) in [5.41, 5.74) is 5.14. The van der Waals surface area contributed by atoms with Crippen LogP contribution in [0, 0.1) is 0 Å². The van der Waals surface area contributed by atoms with E-state index >= 15 is 0 Å². The maximum Gasteiger partial charge on any atom is -0.00774 e. The molecular formula is C4H15N3. The van der Waals surface area contributed by atoms with Gasteiger partial charge in [0.05, 0.1) is 0 Å². The highest BCUT2D eigenvalue weighted by molar-refractivity contribution is 4.29. The molecule has 0 saturated heterocycles. The molecule has 0 saturated carbocycles. The van der Waals surface area contributed by atoms with Crippen LogP contribution in [0.2, 0.25) is 0 Å². The van der Waals surface area contributed by atoms with E-state index in [1.165, 1.54) is 12.8 Å². The van der Waals surface area contributed by atoms with Crippen LogP contribution in [0.5, 0.6) is 0 Å². The number of unbranched alkanes of at least 4 members (excludes halogenated alkanes) is 1. The summed E-state index contributed by atoms with van der Waals surface area (Å²) < 4.78 is 0. The zero-order valence-corrected chi connectivity index (χ0v) is 4.85. The van der Waals surface area contributed by atoms with Crippen molar-refractivity contribution in [2.45, 2.75) is 19.8 Å². The van der Waals surface area contributed by atoms with E-state index in [-0.39, 0.29) is 0 Å². The molecule has 3 nitrogen and oxygen atoms in total. The predicted molar refractivity (Wildman–Crippen MR) is 32.3 cm³/mol. The number of rotatable bonds is 2. The van der Waals surface area contributed by atoms with E-state index in [2.05, 4.69) is 18.6 Å². The van der Waals surface area contributed by atoms with Crippen molar-refractivity contribution < 1.29 is 0 Å². The molecule has 0 radical (unpaired) electrons. The van der Waals surface area contributed by atoms with Crippen LogP contribution in [0.15, 0.2) is 0 Å². The first kappa shape index (κ1) is 9.99. The lowest BCUT2D eigenvalue weighted by Gasteiger charge is -1.80. The molecule has 0 rings (SSSR count). The molecule has 0 aromatic heterocycles. The van der Waals surface area contributed by atoms with Gasteiger partial charge >= 0.3 is 0 Å². The fourth-order valence-electron chi connectivity index (χ4n) is 0.204. The first-order valence-electron chi connectivity index (χ1n) is 2.45. The molecule has 0 aliphatic carbocycles. The van der Waals surface area contributed by atoms with Gasteiger partial charge in [0.1, 0.15) is 0 Å². The Morgan fingerprint density at radius 2 is 1.71 bits per heavy atom. The molecule has 0 amide bonds. The first-order chi connectivity index (χ1) is 3.41. The third-order valence-electron chi connectivity index (χ3n) is 0.558. The molecule has 46 valence electrons. The summed E-state index contributed by atoms with van der Waals surface area (Å²) in [5, 5.41) is 0. The van der Waals surface area contributed by atoms with Crippen LogP contribution in [0.3, 0.4) is 0 Å². The Balaban J connectivity index is 0. The Morgan fingerprint density at radius 1 is 1.29 bits per heavy atom. The summed E-state index contributed by atoms with van der Waals surface area (Å²) in [5.74, 6) is 8.00. The minimum Gasteiger partial charge on any atom is -0.330 e. The zero-order valence-electron chi connectivity index (χ0n) is 4.85. The van der Waals surface area contributed by atoms with E-state index in [1.54, 1.807) is 0 Å². The molecule has 0 aliphatic rings. The Hall–Kier alpha value is -0.120. The Bertz CT molecular complexity index is 14.4. The number of hydrogen-bond donors (Lipinski definition) is 3. The van der Waals surface area contributed by atoms with Gasteiger partial charge in [-0.3, -0.25) is 11.7 Å². The summed E-state index contributed by atoms with van der Waals surface area (Å²) in [6, 6.07) is 0. The summed E-state index contributed by atoms with van der Waals surface area (Å²) in [6.45, 7) is 2.98. The normalized spacial score (nSPS) is 6.86. The molecule has 0 heterocycles. The van der Waals surface area contributed by atoms with E-state index in [0.29, 0.717) is 0 Å². The minimum atomic E-state index is 0.844. The Labute approximate surface area is 44.8 Å². The van der Waals surface area contributed by atoms with Gasteiger partial charge in [0.2, 0.25) is 0 Å². The molecule has 3 heteroatoms. The number of nitrogens with two attached hydrogens (primary N) is 3. The average molecular weight is 105 g/mol. The number of hydrogen-bond acceptors (Lipinski definition) is 3. The Kier molecular flexibility index (Phi) is 24.1. The van der Waals surface area contributed by atoms with Gasteiger partial charge in [-0.15, -0.1) is 0 Å². The van der Waals surface area contributed by atoms with E-state index in [4.69, 9.17) is 5.73 Å². The summed E-state index contributed by atoms with van der Waals surface area (Å²) >= 11 is 0. The lowest BCUT2D eigenvalue weighted by molar-refractivity contribution is 0.807. The van der Waals surface area contributed by atoms with Crippen LogP contribution in [0.25, 0.3) is 0 Å². The molecule has 0 atom stereocenters. The van der Waals surface area contributed by atoms with Gasteiger partial charge < -0.3 is 5.73 Å². The summed E-state index contributed by atoms with van der Waals surface area (Å²) in [6.07, 6.45) is 2.39. The highest BCUT2D eigenvalue weighted by Crippen LogP contribution is 1.77. The van der Waals surface area contributed by atoms with Crippen LogP contribution in [0.4, 0.5) is 0 Å². The van der Waals surface area contributed by atoms with Crippen molar-refractivity contribution in [2.24, 2.45) is 17.4 Å². The van der Waals surface area contributed by atoms with Crippen LogP contribution < -0.4 is 17.4 Å². The topological polar surface area (TPSA) is 78.1 Å². The Morgan fingerprint density at radius 3 is 1.71 bits per heavy atom. The second kappa shape index (κ2) is 16.9. The molecule has 7 heavy (non-hydrogen) atoms. The molecule has 0 bridgehead atoms. The average Bonchev–Trinajstić information content (AvgIpc) is 1.75. The van der Waals surface area contributed by atoms with Gasteiger partial charge in [0, 0.05) is 0 Å². The fraction of sp³-hybridized carbons (Fsp3) is 1.00. The third-order valence-corrected chi connectivity index (χ3v) is 0.558. The standard InChI is InChI=1S/C4H11N.H4N2/c1-2-3-4-5;1-2/h2-5H2,1H3;1-2H2. The highest BCUT2D eigenvalue weighted by atomic mass is 15.0. The molecular weight excluding hydrogens is 90.1 g/mol. The second-order valence-corrected chi connectivity index (χ2v) is 1.14. The van der Waals surface area contributed by atoms with Gasteiger partial charge in [-0.25, -0.2) is 0 Å². The third kappa shape index (κ3) is 25.0. The van der Waals surface area contributed by atoms with E-state index in [0.717, 1.165) is 6.54 Å². The molecule has 0 unspecified atom stereocenters. The molecule has 0 aromatic rings. The second-order valence-electron chi connectivity index (χ2n) is 1.14. The van der Waals surface area contributed by atoms with Crippen molar-refractivity contribution in [3.05, 3.63) is 0 Å². The quantitative estimate of drug-likeness (QED) is 0.329. The molecule has 6 N–H and O–H groups in total. The van der Waals surface area contributed by atoms with E-state index < -0.39 is 0 Å². The molecule has 0 aliphatic heterocycles. The van der Waals surface area contributed by atoms with Crippen LogP contribution >= 0.6 is 0 Å². The van der Waals surface area contributed by atoms with Gasteiger partial charge in [-0.2, -0.15) is 0 Å². The molecule has 0 spiro atoms. The van der Waals surface area contributed by atoms with Gasteiger partial charge in [0.25, 0.3) is 0 Å². The lowest BCUT2D eigenvalue weighted by Crippen LogP contribution is -2.02. The number of hydrazine groups is 1. The van der Waals surface area contributed by atoms with Crippen molar-refractivity contribution in [3.8, 4) is 0 Å². The van der Waals surface area contributed by atoms with Gasteiger partial charge in [-0.05, 0) is 13.0 Å². The predicted octanol–water partition coefficient (Wildman–Crippen LogP) is -0.436. The van der Waals surface area contributed by atoms with Crippen LogP contribution in [-0.4, -0.2) is 6.54 Å². The SMILES string of the molecule is CCCCN.NN. The van der Waals surface area contributed by atoms with Crippen molar-refractivity contribution >= 4 is 0 Å². The maximum atomic E-state index is 5.14. The fourth-order valence-corrected chi connectivity index (χ4v) is 0.204. The van der Waals surface area contributed by atoms with Gasteiger partial charge in [-0.1, -0.05) is 13.3 Å². The summed E-state index contributed by atoms with van der Waals surface area (Å²) in [7, 11) is 0. The first-order valence-corrected chi connectivity index (χ1v) is 2.45. The largest absolute Gasteiger partial charge is 0.330 e. The van der Waals surface area contributed by atoms with Crippen molar-refractivity contribution in [1.82, 2.24) is 0 Å². The lowest BCUT2D eigenvalue weighted by atomic mass is 10.3. The summed E-state index contributed by atoms with van der Waals surface area (Å²) in [4.78, 5) is 0. The van der Waals surface area contributed by atoms with E-state index in [1.807, 2.05) is 0 Å². The maximum absolute atomic E-state index is 5.14. The molecule has 0 fully saturated rings. The minimum absolute atomic E-state index is 0.844. The van der Waals surface area contributed by atoms with Gasteiger partial charge in [0.15, 0.2) is 0 Å². The monoisotopic (exact) mass is 105 g/mol. The highest BCUT2D eigenvalue weighted by Gasteiger charge is 1.67.